The van der Waals surface area contributed by atoms with Crippen molar-refractivity contribution in [2.24, 2.45) is 5.16 Å². The van der Waals surface area contributed by atoms with Crippen LogP contribution < -0.4 is 0 Å². The zero-order valence-corrected chi connectivity index (χ0v) is 11.8. The third kappa shape index (κ3) is 4.09. The van der Waals surface area contributed by atoms with Gasteiger partial charge in [-0.3, -0.25) is 0 Å². The fraction of sp³-hybridized carbons (Fsp3) is 0.167. The van der Waals surface area contributed by atoms with Crippen molar-refractivity contribution >= 4 is 12.3 Å². The van der Waals surface area contributed by atoms with Gasteiger partial charge < -0.3 is 4.84 Å². The summed E-state index contributed by atoms with van der Waals surface area (Å²) in [4.78, 5) is 5.31. The number of rotatable bonds is 6. The average molecular weight is 265 g/mol. The van der Waals surface area contributed by atoms with E-state index >= 15 is 0 Å². The SMILES string of the molecule is C=Cc1cccc(CON=Cc2ccc(CC)cc2)c1. The normalized spacial score (nSPS) is 10.7. The van der Waals surface area contributed by atoms with E-state index in [1.807, 2.05) is 42.5 Å². The molecule has 2 aromatic carbocycles. The maximum absolute atomic E-state index is 5.31. The number of hydrogen-bond acceptors (Lipinski definition) is 2. The fourth-order valence-electron chi connectivity index (χ4n) is 1.86. The average Bonchev–Trinajstić information content (AvgIpc) is 2.52. The third-order valence-electron chi connectivity index (χ3n) is 3.08. The summed E-state index contributed by atoms with van der Waals surface area (Å²) in [7, 11) is 0. The van der Waals surface area contributed by atoms with Gasteiger partial charge in [0.1, 0.15) is 6.61 Å². The Kier molecular flexibility index (Phi) is 5.13. The second-order valence-corrected chi connectivity index (χ2v) is 4.55. The Hall–Kier alpha value is -2.35. The molecule has 20 heavy (non-hydrogen) atoms. The molecule has 0 radical (unpaired) electrons. The predicted octanol–water partition coefficient (Wildman–Crippen LogP) is 4.44. The number of aryl methyl sites for hydroxylation is 1. The smallest absolute Gasteiger partial charge is 0.142 e. The molecule has 0 N–H and O–H groups in total. The van der Waals surface area contributed by atoms with Crippen LogP contribution in [-0.2, 0) is 17.9 Å². The van der Waals surface area contributed by atoms with Gasteiger partial charge in [-0.1, -0.05) is 67.2 Å². The molecule has 0 aliphatic rings. The quantitative estimate of drug-likeness (QED) is 0.559. The van der Waals surface area contributed by atoms with Crippen molar-refractivity contribution in [1.29, 1.82) is 0 Å². The Morgan fingerprint density at radius 3 is 2.55 bits per heavy atom. The van der Waals surface area contributed by atoms with E-state index < -0.39 is 0 Å². The molecule has 2 aromatic rings. The maximum Gasteiger partial charge on any atom is 0.142 e. The van der Waals surface area contributed by atoms with Gasteiger partial charge >= 0.3 is 0 Å². The molecule has 0 spiro atoms. The highest BCUT2D eigenvalue weighted by Crippen LogP contribution is 2.08. The van der Waals surface area contributed by atoms with E-state index in [9.17, 15) is 0 Å². The molecule has 0 amide bonds. The van der Waals surface area contributed by atoms with Gasteiger partial charge in [-0.25, -0.2) is 0 Å². The molecule has 0 fully saturated rings. The van der Waals surface area contributed by atoms with Gasteiger partial charge in [0.25, 0.3) is 0 Å². The minimum absolute atomic E-state index is 0.464. The minimum Gasteiger partial charge on any atom is -0.391 e. The van der Waals surface area contributed by atoms with Crippen LogP contribution in [0.15, 0.2) is 60.3 Å². The van der Waals surface area contributed by atoms with Crippen LogP contribution in [0.3, 0.4) is 0 Å². The van der Waals surface area contributed by atoms with Crippen LogP contribution in [0.2, 0.25) is 0 Å². The topological polar surface area (TPSA) is 21.6 Å². The third-order valence-corrected chi connectivity index (χ3v) is 3.08. The summed E-state index contributed by atoms with van der Waals surface area (Å²) in [6, 6.07) is 16.4. The minimum atomic E-state index is 0.464. The monoisotopic (exact) mass is 265 g/mol. The van der Waals surface area contributed by atoms with Crippen molar-refractivity contribution in [2.45, 2.75) is 20.0 Å². The Morgan fingerprint density at radius 1 is 1.05 bits per heavy atom. The highest BCUT2D eigenvalue weighted by molar-refractivity contribution is 5.79. The molecular formula is C18H19NO. The zero-order valence-electron chi connectivity index (χ0n) is 11.8. The summed E-state index contributed by atoms with van der Waals surface area (Å²) >= 11 is 0. The highest BCUT2D eigenvalue weighted by Gasteiger charge is 1.94. The van der Waals surface area contributed by atoms with Crippen LogP contribution in [0.1, 0.15) is 29.2 Å². The lowest BCUT2D eigenvalue weighted by molar-refractivity contribution is 0.132. The van der Waals surface area contributed by atoms with E-state index in [0.717, 1.165) is 23.1 Å². The van der Waals surface area contributed by atoms with E-state index in [0.29, 0.717) is 6.61 Å². The first kappa shape index (κ1) is 14.1. The standard InChI is InChI=1S/C18H19NO/c1-3-15-8-10-17(11-9-15)13-19-20-14-18-7-5-6-16(4-2)12-18/h4-13H,2-3,14H2,1H3. The molecule has 0 bridgehead atoms. The molecule has 2 heteroatoms. The molecule has 0 heterocycles. The molecule has 0 atom stereocenters. The molecule has 0 saturated carbocycles. The van der Waals surface area contributed by atoms with Gasteiger partial charge in [0.05, 0.1) is 6.21 Å². The molecule has 0 aliphatic carbocycles. The fourth-order valence-corrected chi connectivity index (χ4v) is 1.86. The second kappa shape index (κ2) is 7.29. The summed E-state index contributed by atoms with van der Waals surface area (Å²) in [5.74, 6) is 0. The lowest BCUT2D eigenvalue weighted by Crippen LogP contribution is -1.89. The van der Waals surface area contributed by atoms with Crippen molar-refractivity contribution in [1.82, 2.24) is 0 Å². The Labute approximate surface area is 120 Å². The van der Waals surface area contributed by atoms with Crippen LogP contribution >= 0.6 is 0 Å². The van der Waals surface area contributed by atoms with Gasteiger partial charge in [0.2, 0.25) is 0 Å². The first-order chi connectivity index (χ1) is 9.81. The van der Waals surface area contributed by atoms with Gasteiger partial charge in [-0.05, 0) is 34.7 Å². The molecule has 102 valence electrons. The van der Waals surface area contributed by atoms with Crippen LogP contribution in [0.5, 0.6) is 0 Å². The van der Waals surface area contributed by atoms with E-state index in [4.69, 9.17) is 4.84 Å². The highest BCUT2D eigenvalue weighted by atomic mass is 16.6. The number of hydrogen-bond donors (Lipinski definition) is 0. The van der Waals surface area contributed by atoms with Gasteiger partial charge in [0.15, 0.2) is 0 Å². The van der Waals surface area contributed by atoms with Gasteiger partial charge in [-0.15, -0.1) is 0 Å². The number of nitrogens with zero attached hydrogens (tertiary/aromatic N) is 1. The van der Waals surface area contributed by atoms with Crippen molar-refractivity contribution in [3.8, 4) is 0 Å². The van der Waals surface area contributed by atoms with E-state index in [1.54, 1.807) is 6.21 Å². The lowest BCUT2D eigenvalue weighted by atomic mass is 10.1. The lowest BCUT2D eigenvalue weighted by Gasteiger charge is -2.01. The van der Waals surface area contributed by atoms with Crippen molar-refractivity contribution in [3.05, 3.63) is 77.4 Å². The Morgan fingerprint density at radius 2 is 1.85 bits per heavy atom. The molecule has 0 unspecified atom stereocenters. The maximum atomic E-state index is 5.31. The second-order valence-electron chi connectivity index (χ2n) is 4.55. The van der Waals surface area contributed by atoms with Gasteiger partial charge in [-0.2, -0.15) is 0 Å². The molecule has 0 saturated heterocycles. The van der Waals surface area contributed by atoms with E-state index in [-0.39, 0.29) is 0 Å². The summed E-state index contributed by atoms with van der Waals surface area (Å²) in [5, 5.41) is 4.00. The summed E-state index contributed by atoms with van der Waals surface area (Å²) in [5.41, 5.74) is 4.54. The molecule has 2 rings (SSSR count). The summed E-state index contributed by atoms with van der Waals surface area (Å²) in [6.45, 7) is 6.36. The zero-order chi connectivity index (χ0) is 14.2. The molecule has 0 aliphatic heterocycles. The van der Waals surface area contributed by atoms with Crippen molar-refractivity contribution in [3.63, 3.8) is 0 Å². The first-order valence-electron chi connectivity index (χ1n) is 6.77. The number of oxime groups is 1. The molecule has 0 aromatic heterocycles. The molecule has 2 nitrogen and oxygen atoms in total. The first-order valence-corrected chi connectivity index (χ1v) is 6.77. The van der Waals surface area contributed by atoms with Crippen LogP contribution in [0, 0.1) is 0 Å². The van der Waals surface area contributed by atoms with Crippen LogP contribution in [0.4, 0.5) is 0 Å². The molecular weight excluding hydrogens is 246 g/mol. The largest absolute Gasteiger partial charge is 0.391 e. The van der Waals surface area contributed by atoms with E-state index in [2.05, 4.69) is 30.8 Å². The van der Waals surface area contributed by atoms with Crippen LogP contribution in [0.25, 0.3) is 6.08 Å². The van der Waals surface area contributed by atoms with Crippen molar-refractivity contribution in [2.75, 3.05) is 0 Å². The predicted molar refractivity (Wildman–Crippen MR) is 84.7 cm³/mol. The van der Waals surface area contributed by atoms with Crippen LogP contribution in [-0.4, -0.2) is 6.21 Å². The van der Waals surface area contributed by atoms with E-state index in [1.165, 1.54) is 5.56 Å². The number of benzene rings is 2. The summed E-state index contributed by atoms with van der Waals surface area (Å²) < 4.78 is 0. The Balaban J connectivity index is 1.87. The summed E-state index contributed by atoms with van der Waals surface area (Å²) in [6.07, 6.45) is 4.60. The van der Waals surface area contributed by atoms with Crippen molar-refractivity contribution < 1.29 is 4.84 Å². The Bertz CT molecular complexity index is 585. The van der Waals surface area contributed by atoms with Gasteiger partial charge in [0, 0.05) is 0 Å².